The highest BCUT2D eigenvalue weighted by Gasteiger charge is 1.87. The number of hydrogen-bond donors (Lipinski definition) is 0. The first-order chi connectivity index (χ1) is 5.43. The third-order valence-corrected chi connectivity index (χ3v) is 1.51. The van der Waals surface area contributed by atoms with Gasteiger partial charge in [0.2, 0.25) is 0 Å². The van der Waals surface area contributed by atoms with E-state index in [1.807, 2.05) is 19.2 Å². The average Bonchev–Trinajstić information content (AvgIpc) is 2.07. The predicted octanol–water partition coefficient (Wildman–Crippen LogP) is 2.39. The summed E-state index contributed by atoms with van der Waals surface area (Å²) in [7, 11) is 0. The molecule has 0 aliphatic heterocycles. The van der Waals surface area contributed by atoms with Crippen LogP contribution in [-0.4, -0.2) is 4.98 Å². The normalized spacial score (nSPS) is 10.6. The molecule has 0 aliphatic carbocycles. The molecular formula is C10H12N. The van der Waals surface area contributed by atoms with E-state index in [4.69, 9.17) is 0 Å². The van der Waals surface area contributed by atoms with Gasteiger partial charge in [-0.1, -0.05) is 18.2 Å². The molecule has 0 N–H and O–H groups in total. The SMILES string of the molecule is CC=CCCc1cc[c]nc1. The Morgan fingerprint density at radius 3 is 3.18 bits per heavy atom. The van der Waals surface area contributed by atoms with Gasteiger partial charge in [-0.15, -0.1) is 0 Å². The molecule has 0 spiro atoms. The molecule has 0 bridgehead atoms. The quantitative estimate of drug-likeness (QED) is 0.597. The van der Waals surface area contributed by atoms with Crippen LogP contribution in [0, 0.1) is 6.20 Å². The monoisotopic (exact) mass is 146 g/mol. The summed E-state index contributed by atoms with van der Waals surface area (Å²) in [6.07, 6.45) is 11.0. The van der Waals surface area contributed by atoms with E-state index in [1.165, 1.54) is 5.56 Å². The molecule has 1 heterocycles. The molecule has 0 aromatic carbocycles. The Kier molecular flexibility index (Phi) is 3.39. The molecule has 0 amide bonds. The van der Waals surface area contributed by atoms with Crippen molar-refractivity contribution >= 4 is 0 Å². The lowest BCUT2D eigenvalue weighted by molar-refractivity contribution is 0.985. The second-order valence-corrected chi connectivity index (χ2v) is 2.40. The molecule has 0 saturated carbocycles. The van der Waals surface area contributed by atoms with Crippen molar-refractivity contribution in [3.8, 4) is 0 Å². The van der Waals surface area contributed by atoms with Crippen molar-refractivity contribution in [2.75, 3.05) is 0 Å². The first-order valence-electron chi connectivity index (χ1n) is 3.85. The zero-order valence-corrected chi connectivity index (χ0v) is 6.75. The van der Waals surface area contributed by atoms with Crippen molar-refractivity contribution in [3.05, 3.63) is 42.2 Å². The Morgan fingerprint density at radius 2 is 2.55 bits per heavy atom. The maximum Gasteiger partial charge on any atom is 0.0886 e. The highest BCUT2D eigenvalue weighted by molar-refractivity contribution is 5.08. The average molecular weight is 146 g/mol. The topological polar surface area (TPSA) is 12.9 Å². The van der Waals surface area contributed by atoms with Gasteiger partial charge in [-0.05, 0) is 31.4 Å². The fourth-order valence-electron chi connectivity index (χ4n) is 0.915. The number of hydrogen-bond acceptors (Lipinski definition) is 1. The van der Waals surface area contributed by atoms with Gasteiger partial charge >= 0.3 is 0 Å². The number of nitrogens with zero attached hydrogens (tertiary/aromatic N) is 1. The number of rotatable bonds is 3. The largest absolute Gasteiger partial charge is 0.254 e. The van der Waals surface area contributed by atoms with Crippen LogP contribution in [0.5, 0.6) is 0 Å². The van der Waals surface area contributed by atoms with Crippen molar-refractivity contribution < 1.29 is 0 Å². The molecule has 11 heavy (non-hydrogen) atoms. The van der Waals surface area contributed by atoms with E-state index in [1.54, 1.807) is 0 Å². The van der Waals surface area contributed by atoms with Gasteiger partial charge in [-0.3, -0.25) is 4.98 Å². The Bertz CT molecular complexity index is 214. The van der Waals surface area contributed by atoms with Gasteiger partial charge in [0, 0.05) is 6.20 Å². The Morgan fingerprint density at radius 1 is 1.64 bits per heavy atom. The first-order valence-corrected chi connectivity index (χ1v) is 3.85. The van der Waals surface area contributed by atoms with Crippen molar-refractivity contribution in [2.45, 2.75) is 19.8 Å². The summed E-state index contributed by atoms with van der Waals surface area (Å²) in [6.45, 7) is 2.04. The molecule has 57 valence electrons. The fourth-order valence-corrected chi connectivity index (χ4v) is 0.915. The minimum Gasteiger partial charge on any atom is -0.254 e. The summed E-state index contributed by atoms with van der Waals surface area (Å²) in [5.74, 6) is 0. The Labute approximate surface area is 67.8 Å². The van der Waals surface area contributed by atoms with Gasteiger partial charge in [0.05, 0.1) is 6.20 Å². The number of aromatic nitrogens is 1. The van der Waals surface area contributed by atoms with E-state index in [9.17, 15) is 0 Å². The minimum absolute atomic E-state index is 1.08. The molecule has 0 aliphatic rings. The molecule has 0 atom stereocenters. The molecule has 1 radical (unpaired) electrons. The van der Waals surface area contributed by atoms with Crippen LogP contribution in [0.15, 0.2) is 30.5 Å². The fraction of sp³-hybridized carbons (Fsp3) is 0.300. The van der Waals surface area contributed by atoms with E-state index in [2.05, 4.69) is 29.4 Å². The Balaban J connectivity index is 2.39. The lowest BCUT2D eigenvalue weighted by atomic mass is 10.1. The smallest absolute Gasteiger partial charge is 0.0886 e. The van der Waals surface area contributed by atoms with Gasteiger partial charge in [0.1, 0.15) is 0 Å². The number of pyridine rings is 1. The molecule has 0 fully saturated rings. The summed E-state index contributed by atoms with van der Waals surface area (Å²) in [5, 5.41) is 0. The van der Waals surface area contributed by atoms with Crippen LogP contribution in [-0.2, 0) is 6.42 Å². The van der Waals surface area contributed by atoms with Crippen molar-refractivity contribution in [3.63, 3.8) is 0 Å². The molecule has 1 aromatic rings. The van der Waals surface area contributed by atoms with E-state index in [0.29, 0.717) is 0 Å². The lowest BCUT2D eigenvalue weighted by Gasteiger charge is -1.94. The summed E-state index contributed by atoms with van der Waals surface area (Å²) < 4.78 is 0. The molecule has 0 saturated heterocycles. The second-order valence-electron chi connectivity index (χ2n) is 2.40. The van der Waals surface area contributed by atoms with Crippen molar-refractivity contribution in [1.29, 1.82) is 0 Å². The summed E-state index contributed by atoms with van der Waals surface area (Å²) in [5.41, 5.74) is 1.28. The summed E-state index contributed by atoms with van der Waals surface area (Å²) in [4.78, 5) is 3.91. The van der Waals surface area contributed by atoms with Crippen LogP contribution in [0.2, 0.25) is 0 Å². The third-order valence-electron chi connectivity index (χ3n) is 1.51. The Hall–Kier alpha value is -1.11. The molecule has 1 nitrogen and oxygen atoms in total. The molecular weight excluding hydrogens is 134 g/mol. The second kappa shape index (κ2) is 4.67. The van der Waals surface area contributed by atoms with E-state index in [0.717, 1.165) is 12.8 Å². The molecule has 1 heteroatoms. The zero-order valence-electron chi connectivity index (χ0n) is 6.75. The number of allylic oxidation sites excluding steroid dienone is 2. The highest BCUT2D eigenvalue weighted by atomic mass is 14.6. The summed E-state index contributed by atoms with van der Waals surface area (Å²) >= 11 is 0. The van der Waals surface area contributed by atoms with Gasteiger partial charge < -0.3 is 0 Å². The van der Waals surface area contributed by atoms with E-state index in [-0.39, 0.29) is 0 Å². The van der Waals surface area contributed by atoms with Gasteiger partial charge in [0.25, 0.3) is 0 Å². The van der Waals surface area contributed by atoms with E-state index < -0.39 is 0 Å². The minimum atomic E-state index is 1.08. The first kappa shape index (κ1) is 7.99. The zero-order chi connectivity index (χ0) is 7.94. The van der Waals surface area contributed by atoms with Crippen LogP contribution in [0.25, 0.3) is 0 Å². The van der Waals surface area contributed by atoms with Crippen molar-refractivity contribution in [2.24, 2.45) is 0 Å². The van der Waals surface area contributed by atoms with Crippen LogP contribution in [0.3, 0.4) is 0 Å². The van der Waals surface area contributed by atoms with Crippen LogP contribution < -0.4 is 0 Å². The maximum atomic E-state index is 3.91. The van der Waals surface area contributed by atoms with Gasteiger partial charge in [0.15, 0.2) is 0 Å². The third kappa shape index (κ3) is 2.99. The van der Waals surface area contributed by atoms with Crippen LogP contribution in [0.1, 0.15) is 18.9 Å². The lowest BCUT2D eigenvalue weighted by Crippen LogP contribution is -1.83. The molecule has 0 unspecified atom stereocenters. The van der Waals surface area contributed by atoms with Crippen molar-refractivity contribution in [1.82, 2.24) is 4.98 Å². The molecule has 1 rings (SSSR count). The van der Waals surface area contributed by atoms with Gasteiger partial charge in [-0.25, -0.2) is 0 Å². The van der Waals surface area contributed by atoms with Gasteiger partial charge in [-0.2, -0.15) is 0 Å². The standard InChI is InChI=1S/C10H12N/c1-2-3-4-6-10-7-5-8-11-9-10/h2-3,5,7,9H,4,6H2,1H3. The predicted molar refractivity (Wildman–Crippen MR) is 46.2 cm³/mol. The highest BCUT2D eigenvalue weighted by Crippen LogP contribution is 1.99. The summed E-state index contributed by atoms with van der Waals surface area (Å²) in [6, 6.07) is 3.90. The van der Waals surface area contributed by atoms with Crippen LogP contribution >= 0.6 is 0 Å². The maximum absolute atomic E-state index is 3.91. The van der Waals surface area contributed by atoms with Crippen LogP contribution in [0.4, 0.5) is 0 Å². The molecule has 1 aromatic heterocycles. The van der Waals surface area contributed by atoms with E-state index >= 15 is 0 Å². The number of aryl methyl sites for hydroxylation is 1.